The zero-order valence-electron chi connectivity index (χ0n) is 44.3. The lowest BCUT2D eigenvalue weighted by molar-refractivity contribution is -0.133. The average Bonchev–Trinajstić information content (AvgIpc) is 3.32. The number of carbonyl (C=O) groups excluding carboxylic acids is 8. The molecule has 4 aromatic rings. The van der Waals surface area contributed by atoms with Crippen LogP contribution in [-0.4, -0.2) is 47.8 Å². The van der Waals surface area contributed by atoms with Gasteiger partial charge in [-0.15, -0.1) is 0 Å². The summed E-state index contributed by atoms with van der Waals surface area (Å²) in [4.78, 5) is 107. The molecule has 0 saturated heterocycles. The zero-order valence-corrected chi connectivity index (χ0v) is 50.7. The molecule has 16 nitrogen and oxygen atoms in total. The van der Waals surface area contributed by atoms with Crippen LogP contribution in [-0.2, 0) is 59.7 Å². The summed E-state index contributed by atoms with van der Waals surface area (Å²) in [5.74, 6) is -8.89. The third kappa shape index (κ3) is 13.1. The molecule has 0 amide bonds. The second-order valence-electron chi connectivity index (χ2n) is 17.9. The summed E-state index contributed by atoms with van der Waals surface area (Å²) in [5, 5.41) is -0.149. The largest absolute Gasteiger partial charge is 0.426 e. The van der Waals surface area contributed by atoms with Crippen LogP contribution in [0.5, 0.6) is 46.0 Å². The highest BCUT2D eigenvalue weighted by Crippen LogP contribution is 2.57. The predicted octanol–water partition coefficient (Wildman–Crippen LogP) is 13.1. The van der Waals surface area contributed by atoms with Gasteiger partial charge in [0.15, 0.2) is 0 Å². The molecule has 0 atom stereocenters. The molecule has 0 heterocycles. The SMILES string of the molecule is CCC1c2cc(c(OC(C)=O)c(CBr)c2OC(C)=O)C(CC)c2cc(c(OC(C)=O)c(CBr)c2OC(C)=O)C(CC)c2cc(c(OC(C)=O)c(CBr)c2OC(C)=O)C(CC)c2cc1c(OC(C)=O)c(CBr)c2OC(C)=O. The lowest BCUT2D eigenvalue weighted by atomic mass is 9.75. The number of ether oxygens (including phenoxy) is 8. The Balaban J connectivity index is 2.36. The Kier molecular flexibility index (Phi) is 21.6. The van der Waals surface area contributed by atoms with Crippen molar-refractivity contribution in [2.45, 2.75) is 154 Å². The number of carbonyl (C=O) groups is 8. The van der Waals surface area contributed by atoms with Crippen molar-refractivity contribution in [1.82, 2.24) is 0 Å². The second kappa shape index (κ2) is 26.7. The van der Waals surface area contributed by atoms with Gasteiger partial charge in [0.25, 0.3) is 0 Å². The molecule has 4 aromatic carbocycles. The number of hydrogen-bond acceptors (Lipinski definition) is 16. The topological polar surface area (TPSA) is 210 Å². The molecule has 1 aliphatic rings. The summed E-state index contributed by atoms with van der Waals surface area (Å²) >= 11 is 14.5. The summed E-state index contributed by atoms with van der Waals surface area (Å²) in [7, 11) is 0. The van der Waals surface area contributed by atoms with E-state index in [0.29, 0.717) is 44.5 Å². The highest BCUT2D eigenvalue weighted by Gasteiger charge is 2.40. The minimum Gasteiger partial charge on any atom is -0.426 e. The van der Waals surface area contributed by atoms with Crippen LogP contribution < -0.4 is 37.9 Å². The van der Waals surface area contributed by atoms with Gasteiger partial charge in [-0.05, 0) is 49.9 Å². The van der Waals surface area contributed by atoms with Gasteiger partial charge in [-0.25, -0.2) is 0 Å². The van der Waals surface area contributed by atoms with E-state index >= 15 is 0 Å². The fraction of sp³-hybridized carbons (Fsp3) is 0.429. The number of fused-ring (bicyclic) bond motifs is 8. The molecular weight excluding hydrogens is 1250 g/mol. The van der Waals surface area contributed by atoms with E-state index in [1.165, 1.54) is 55.4 Å². The minimum absolute atomic E-state index is 0.0297. The van der Waals surface area contributed by atoms with E-state index in [1.54, 1.807) is 24.3 Å². The van der Waals surface area contributed by atoms with Crippen LogP contribution in [0.15, 0.2) is 24.3 Å². The van der Waals surface area contributed by atoms with E-state index in [1.807, 2.05) is 27.7 Å². The molecule has 76 heavy (non-hydrogen) atoms. The first-order valence-electron chi connectivity index (χ1n) is 24.5. The number of alkyl halides is 4. The molecule has 0 N–H and O–H groups in total. The van der Waals surface area contributed by atoms with Crippen LogP contribution >= 0.6 is 63.7 Å². The Hall–Kier alpha value is -5.44. The summed E-state index contributed by atoms with van der Waals surface area (Å²) in [6.07, 6.45) is 0.936. The molecule has 0 spiro atoms. The van der Waals surface area contributed by atoms with E-state index in [9.17, 15) is 38.4 Å². The Labute approximate surface area is 475 Å². The molecule has 0 fully saturated rings. The third-order valence-corrected chi connectivity index (χ3v) is 14.9. The predicted molar refractivity (Wildman–Crippen MR) is 295 cm³/mol. The van der Waals surface area contributed by atoms with Gasteiger partial charge in [0, 0.05) is 167 Å². The van der Waals surface area contributed by atoms with Crippen LogP contribution in [0.4, 0.5) is 0 Å². The fourth-order valence-electron chi connectivity index (χ4n) is 10.1. The molecule has 5 rings (SSSR count). The number of rotatable bonds is 16. The molecule has 0 aromatic heterocycles. The fourth-order valence-corrected chi connectivity index (χ4v) is 12.1. The standard InChI is InChI=1S/C56H60Br4O16/c1-13-33-37-17-39(51(71-27(7)63)45(21-57)49(37)69-25(5)61)34(14-2)41-19-43(55(75-31(11)67)47(23-59)53(41)73-29(9)65)36(16-4)44-20-42(54(74-30(10)66)48(24-60)56(44)76-32(12)68)35(15-3)40-18-38(33)50(70-26(6)62)46(22-58)52(40)72-28(8)64/h17-20,33-36H,13-16,21-24H2,1-12H3. The van der Waals surface area contributed by atoms with Gasteiger partial charge < -0.3 is 37.9 Å². The summed E-state index contributed by atoms with van der Waals surface area (Å²) in [6, 6.07) is 7.02. The smallest absolute Gasteiger partial charge is 0.308 e. The molecule has 0 aliphatic heterocycles. The van der Waals surface area contributed by atoms with Gasteiger partial charge in [0.05, 0.1) is 0 Å². The third-order valence-electron chi connectivity index (χ3n) is 12.7. The Morgan fingerprint density at radius 2 is 0.408 bits per heavy atom. The van der Waals surface area contributed by atoms with Crippen LogP contribution in [0.1, 0.15) is 199 Å². The highest BCUT2D eigenvalue weighted by atomic mass is 79.9. The molecule has 20 heteroatoms. The number of esters is 8. The maximum atomic E-state index is 13.4. The van der Waals surface area contributed by atoms with Gasteiger partial charge >= 0.3 is 47.8 Å². The highest BCUT2D eigenvalue weighted by molar-refractivity contribution is 9.09. The first kappa shape index (κ1) is 61.4. The van der Waals surface area contributed by atoms with Crippen LogP contribution in [0.2, 0.25) is 0 Å². The van der Waals surface area contributed by atoms with Crippen molar-refractivity contribution in [2.24, 2.45) is 0 Å². The van der Waals surface area contributed by atoms with Crippen LogP contribution in [0.3, 0.4) is 0 Å². The van der Waals surface area contributed by atoms with E-state index in [4.69, 9.17) is 37.9 Å². The molecule has 8 bridgehead atoms. The van der Waals surface area contributed by atoms with E-state index < -0.39 is 71.4 Å². The summed E-state index contributed by atoms with van der Waals surface area (Å²) in [5.41, 5.74) is 4.04. The van der Waals surface area contributed by atoms with Crippen molar-refractivity contribution in [1.29, 1.82) is 0 Å². The number of benzene rings is 4. The Bertz CT molecular complexity index is 2430. The monoisotopic (exact) mass is 1300 g/mol. The molecule has 408 valence electrons. The number of hydrogen-bond donors (Lipinski definition) is 0. The van der Waals surface area contributed by atoms with Gasteiger partial charge in [0.2, 0.25) is 0 Å². The van der Waals surface area contributed by atoms with Crippen molar-refractivity contribution in [2.75, 3.05) is 0 Å². The molecule has 0 radical (unpaired) electrons. The maximum Gasteiger partial charge on any atom is 0.308 e. The van der Waals surface area contributed by atoms with Gasteiger partial charge in [0.1, 0.15) is 46.0 Å². The first-order chi connectivity index (χ1) is 36.0. The minimum atomic E-state index is -0.858. The first-order valence-corrected chi connectivity index (χ1v) is 28.9. The second-order valence-corrected chi connectivity index (χ2v) is 20.1. The van der Waals surface area contributed by atoms with E-state index in [2.05, 4.69) is 63.7 Å². The van der Waals surface area contributed by atoms with Crippen molar-refractivity contribution in [3.8, 4) is 46.0 Å². The van der Waals surface area contributed by atoms with Crippen molar-refractivity contribution in [3.63, 3.8) is 0 Å². The normalized spacial score (nSPS) is 15.7. The quantitative estimate of drug-likeness (QED) is 0.0580. The van der Waals surface area contributed by atoms with E-state index in [-0.39, 0.29) is 115 Å². The van der Waals surface area contributed by atoms with Gasteiger partial charge in [-0.3, -0.25) is 38.4 Å². The molecular formula is C56H60Br4O16. The van der Waals surface area contributed by atoms with Gasteiger partial charge in [-0.2, -0.15) is 0 Å². The Morgan fingerprint density at radius 3 is 0.487 bits per heavy atom. The lowest BCUT2D eigenvalue weighted by Gasteiger charge is -2.33. The molecule has 1 aliphatic carbocycles. The van der Waals surface area contributed by atoms with Crippen molar-refractivity contribution < 1.29 is 76.3 Å². The maximum absolute atomic E-state index is 13.4. The molecule has 0 unspecified atom stereocenters. The van der Waals surface area contributed by atoms with Crippen molar-refractivity contribution in [3.05, 3.63) is 91.0 Å². The van der Waals surface area contributed by atoms with Crippen molar-refractivity contribution >= 4 is 111 Å². The summed E-state index contributed by atoms with van der Waals surface area (Å²) < 4.78 is 49.3. The number of halogens is 4. The van der Waals surface area contributed by atoms with Crippen LogP contribution in [0.25, 0.3) is 0 Å². The summed E-state index contributed by atoms with van der Waals surface area (Å²) in [6.45, 7) is 17.3. The Morgan fingerprint density at radius 1 is 0.289 bits per heavy atom. The van der Waals surface area contributed by atoms with Gasteiger partial charge in [-0.1, -0.05) is 91.4 Å². The lowest BCUT2D eigenvalue weighted by Crippen LogP contribution is -2.20. The zero-order chi connectivity index (χ0) is 56.6. The molecule has 0 saturated carbocycles. The van der Waals surface area contributed by atoms with Crippen LogP contribution in [0, 0.1) is 0 Å². The average molecular weight is 1310 g/mol. The van der Waals surface area contributed by atoms with E-state index in [0.717, 1.165) is 0 Å².